The van der Waals surface area contributed by atoms with Gasteiger partial charge in [0.15, 0.2) is 0 Å². The smallest absolute Gasteiger partial charge is 0.132 e. The van der Waals surface area contributed by atoms with Crippen molar-refractivity contribution >= 4 is 15.7 Å². The van der Waals surface area contributed by atoms with Crippen LogP contribution in [-0.2, 0) is 14.0 Å². The molecular formula is C14H24O2S. The van der Waals surface area contributed by atoms with E-state index in [-0.39, 0.29) is 5.41 Å². The van der Waals surface area contributed by atoms with Gasteiger partial charge >= 0.3 is 0 Å². The molecule has 0 aromatic rings. The molecule has 0 saturated heterocycles. The standard InChI is InChI=1S/C14H24O2S/c1-11(13(3)14(4,5)6)9-10-12(2)16-17(7,8)15/h9-10,13H,1-2,7H2,3-6,8H3. The van der Waals surface area contributed by atoms with Gasteiger partial charge in [0.25, 0.3) is 0 Å². The SMILES string of the molecule is C=C(C=CC(=C)C(C)C(C)(C)C)OS(=C)(C)=O. The summed E-state index contributed by atoms with van der Waals surface area (Å²) in [4.78, 5) is 0. The van der Waals surface area contributed by atoms with E-state index in [9.17, 15) is 4.21 Å². The molecule has 0 radical (unpaired) electrons. The molecule has 98 valence electrons. The number of rotatable bonds is 5. The van der Waals surface area contributed by atoms with Crippen LogP contribution in [0.5, 0.6) is 0 Å². The maximum absolute atomic E-state index is 11.3. The molecule has 3 heteroatoms. The van der Waals surface area contributed by atoms with Crippen LogP contribution < -0.4 is 0 Å². The van der Waals surface area contributed by atoms with Gasteiger partial charge < -0.3 is 4.18 Å². The van der Waals surface area contributed by atoms with Gasteiger partial charge in [0.05, 0.1) is 0 Å². The quantitative estimate of drug-likeness (QED) is 0.427. The number of hydrogen-bond acceptors (Lipinski definition) is 2. The van der Waals surface area contributed by atoms with Gasteiger partial charge in [-0.2, -0.15) is 0 Å². The molecule has 0 bridgehead atoms. The van der Waals surface area contributed by atoms with Gasteiger partial charge in [-0.25, -0.2) is 4.21 Å². The molecule has 0 heterocycles. The van der Waals surface area contributed by atoms with E-state index in [1.54, 1.807) is 6.08 Å². The fourth-order valence-corrected chi connectivity index (χ4v) is 1.66. The second kappa shape index (κ2) is 5.58. The molecule has 0 aliphatic rings. The highest BCUT2D eigenvalue weighted by Gasteiger charge is 2.20. The summed E-state index contributed by atoms with van der Waals surface area (Å²) in [6.07, 6.45) is 4.96. The Morgan fingerprint density at radius 2 is 1.76 bits per heavy atom. The molecular weight excluding hydrogens is 232 g/mol. The van der Waals surface area contributed by atoms with Gasteiger partial charge in [-0.05, 0) is 23.3 Å². The summed E-state index contributed by atoms with van der Waals surface area (Å²) in [5, 5.41) is 0. The minimum absolute atomic E-state index is 0.161. The van der Waals surface area contributed by atoms with Crippen molar-refractivity contribution in [1.29, 1.82) is 0 Å². The minimum atomic E-state index is -2.50. The molecule has 0 N–H and O–H groups in total. The third-order valence-electron chi connectivity index (χ3n) is 2.62. The molecule has 0 aliphatic carbocycles. The number of hydrogen-bond donors (Lipinski definition) is 0. The average Bonchev–Trinajstić information content (AvgIpc) is 2.08. The lowest BCUT2D eigenvalue weighted by molar-refractivity contribution is 0.305. The third kappa shape index (κ3) is 7.05. The van der Waals surface area contributed by atoms with Crippen LogP contribution in [0.3, 0.4) is 0 Å². The second-order valence-corrected chi connectivity index (χ2v) is 7.49. The summed E-state index contributed by atoms with van der Waals surface area (Å²) in [6.45, 7) is 16.3. The lowest BCUT2D eigenvalue weighted by Gasteiger charge is -2.27. The molecule has 0 rings (SSSR count). The molecule has 0 spiro atoms. The Hall–Kier alpha value is -0.960. The van der Waals surface area contributed by atoms with E-state index in [0.717, 1.165) is 5.57 Å². The van der Waals surface area contributed by atoms with E-state index < -0.39 is 9.80 Å². The Balaban J connectivity index is 4.56. The Labute approximate surface area is 106 Å². The second-order valence-electron chi connectivity index (χ2n) is 5.47. The normalized spacial score (nSPS) is 17.5. The van der Waals surface area contributed by atoms with Crippen molar-refractivity contribution in [3.63, 3.8) is 0 Å². The highest BCUT2D eigenvalue weighted by Crippen LogP contribution is 2.31. The first-order valence-corrected chi connectivity index (χ1v) is 7.57. The molecule has 0 aromatic carbocycles. The van der Waals surface area contributed by atoms with Crippen molar-refractivity contribution in [2.75, 3.05) is 6.26 Å². The monoisotopic (exact) mass is 256 g/mol. The summed E-state index contributed by atoms with van der Waals surface area (Å²) in [5.41, 5.74) is 1.16. The van der Waals surface area contributed by atoms with Crippen molar-refractivity contribution in [1.82, 2.24) is 0 Å². The zero-order valence-electron chi connectivity index (χ0n) is 11.6. The Kier molecular flexibility index (Phi) is 5.27. The predicted octanol–water partition coefficient (Wildman–Crippen LogP) is 3.57. The van der Waals surface area contributed by atoms with E-state index in [1.165, 1.54) is 6.26 Å². The summed E-state index contributed by atoms with van der Waals surface area (Å²) >= 11 is 0. The van der Waals surface area contributed by atoms with Gasteiger partial charge in [-0.15, -0.1) is 0 Å². The molecule has 17 heavy (non-hydrogen) atoms. The van der Waals surface area contributed by atoms with Gasteiger partial charge in [0.2, 0.25) is 0 Å². The fourth-order valence-electron chi connectivity index (χ4n) is 1.15. The zero-order valence-corrected chi connectivity index (χ0v) is 12.4. The van der Waals surface area contributed by atoms with Crippen molar-refractivity contribution in [3.05, 3.63) is 36.6 Å². The minimum Gasteiger partial charge on any atom is -0.410 e. The largest absolute Gasteiger partial charge is 0.410 e. The first-order valence-electron chi connectivity index (χ1n) is 5.51. The molecule has 0 aromatic heterocycles. The Morgan fingerprint density at radius 1 is 1.29 bits per heavy atom. The molecule has 0 saturated carbocycles. The van der Waals surface area contributed by atoms with Crippen LogP contribution in [0.15, 0.2) is 36.6 Å². The molecule has 0 aliphatic heterocycles. The van der Waals surface area contributed by atoms with Gasteiger partial charge in [0, 0.05) is 6.26 Å². The van der Waals surface area contributed by atoms with Crippen molar-refractivity contribution in [2.45, 2.75) is 27.7 Å². The van der Waals surface area contributed by atoms with Crippen molar-refractivity contribution in [3.8, 4) is 0 Å². The third-order valence-corrected chi connectivity index (χ3v) is 3.19. The van der Waals surface area contributed by atoms with E-state index in [1.807, 2.05) is 6.08 Å². The van der Waals surface area contributed by atoms with Crippen molar-refractivity contribution < 1.29 is 8.39 Å². The maximum atomic E-state index is 11.3. The highest BCUT2D eigenvalue weighted by atomic mass is 32.2. The van der Waals surface area contributed by atoms with Gasteiger partial charge in [-0.3, -0.25) is 0 Å². The van der Waals surface area contributed by atoms with Crippen LogP contribution in [0, 0.1) is 11.3 Å². The average molecular weight is 256 g/mol. The van der Waals surface area contributed by atoms with Gasteiger partial charge in [-0.1, -0.05) is 52.5 Å². The van der Waals surface area contributed by atoms with E-state index in [2.05, 4.69) is 46.7 Å². The van der Waals surface area contributed by atoms with E-state index in [0.29, 0.717) is 11.7 Å². The van der Waals surface area contributed by atoms with Crippen LogP contribution in [0.4, 0.5) is 0 Å². The summed E-state index contributed by atoms with van der Waals surface area (Å²) in [6, 6.07) is 0. The van der Waals surface area contributed by atoms with Crippen LogP contribution in [-0.4, -0.2) is 16.3 Å². The lowest BCUT2D eigenvalue weighted by atomic mass is 9.78. The Morgan fingerprint density at radius 3 is 2.12 bits per heavy atom. The number of allylic oxidation sites excluding steroid dienone is 3. The molecule has 0 fully saturated rings. The highest BCUT2D eigenvalue weighted by molar-refractivity contribution is 7.95. The Bertz CT molecular complexity index is 420. The van der Waals surface area contributed by atoms with Gasteiger partial charge in [0.1, 0.15) is 15.6 Å². The fraction of sp³-hybridized carbons (Fsp3) is 0.500. The van der Waals surface area contributed by atoms with E-state index >= 15 is 0 Å². The molecule has 2 unspecified atom stereocenters. The first kappa shape index (κ1) is 16.0. The van der Waals surface area contributed by atoms with Crippen LogP contribution in [0.25, 0.3) is 0 Å². The summed E-state index contributed by atoms with van der Waals surface area (Å²) in [5.74, 6) is 4.09. The lowest BCUT2D eigenvalue weighted by Crippen LogP contribution is -2.18. The topological polar surface area (TPSA) is 26.3 Å². The summed E-state index contributed by atoms with van der Waals surface area (Å²) < 4.78 is 16.3. The molecule has 0 amide bonds. The van der Waals surface area contributed by atoms with Crippen LogP contribution >= 0.6 is 0 Å². The predicted molar refractivity (Wildman–Crippen MR) is 78.3 cm³/mol. The maximum Gasteiger partial charge on any atom is 0.132 e. The first-order chi connectivity index (χ1) is 7.43. The molecule has 2 atom stereocenters. The van der Waals surface area contributed by atoms with Crippen molar-refractivity contribution in [2.24, 2.45) is 11.3 Å². The van der Waals surface area contributed by atoms with E-state index in [4.69, 9.17) is 4.18 Å². The zero-order chi connectivity index (χ0) is 13.9. The summed E-state index contributed by atoms with van der Waals surface area (Å²) in [7, 11) is -2.50. The molecule has 2 nitrogen and oxygen atoms in total. The van der Waals surface area contributed by atoms with Crippen LogP contribution in [0.1, 0.15) is 27.7 Å². The van der Waals surface area contributed by atoms with Crippen LogP contribution in [0.2, 0.25) is 0 Å².